The number of benzene rings is 1. The van der Waals surface area contributed by atoms with Gasteiger partial charge in [-0.2, -0.15) is 4.72 Å². The third kappa shape index (κ3) is 3.43. The lowest BCUT2D eigenvalue weighted by molar-refractivity contribution is -0.116. The number of sulfonamides is 1. The second-order valence-electron chi connectivity index (χ2n) is 5.24. The molecule has 3 N–H and O–H groups in total. The van der Waals surface area contributed by atoms with Gasteiger partial charge >= 0.3 is 5.97 Å². The van der Waals surface area contributed by atoms with E-state index >= 15 is 0 Å². The van der Waals surface area contributed by atoms with Crippen LogP contribution in [0.5, 0.6) is 0 Å². The number of fused-ring (bicyclic) bond motifs is 1. The van der Waals surface area contributed by atoms with Crippen molar-refractivity contribution in [3.63, 3.8) is 0 Å². The third-order valence-corrected chi connectivity index (χ3v) is 4.69. The van der Waals surface area contributed by atoms with Crippen LogP contribution in [0.1, 0.15) is 31.3 Å². The fourth-order valence-corrected chi connectivity index (χ4v) is 3.11. The Hall–Kier alpha value is -3.51. The first-order chi connectivity index (χ1) is 12.7. The van der Waals surface area contributed by atoms with E-state index in [-0.39, 0.29) is 16.2 Å². The van der Waals surface area contributed by atoms with Crippen molar-refractivity contribution in [2.75, 3.05) is 6.54 Å². The Bertz CT molecular complexity index is 1040. The molecule has 0 aliphatic carbocycles. The van der Waals surface area contributed by atoms with Crippen LogP contribution in [0.3, 0.4) is 0 Å². The average Bonchev–Trinajstić information content (AvgIpc) is 3.21. The van der Waals surface area contributed by atoms with Crippen molar-refractivity contribution in [1.29, 1.82) is 0 Å². The van der Waals surface area contributed by atoms with Crippen LogP contribution in [0.2, 0.25) is 0 Å². The molecule has 3 amide bonds. The molecular weight excluding hydrogens is 382 g/mol. The fraction of sp³-hybridized carbons (Fsp3) is 0.0667. The fourth-order valence-electron chi connectivity index (χ4n) is 2.19. The number of hydrogen-bond donors (Lipinski definition) is 2. The number of nitrogens with zero attached hydrogens (tertiary/aromatic N) is 1. The van der Waals surface area contributed by atoms with Crippen molar-refractivity contribution >= 4 is 33.7 Å². The minimum absolute atomic E-state index is 0.0636. The highest BCUT2D eigenvalue weighted by Gasteiger charge is 2.39. The first-order valence-corrected chi connectivity index (χ1v) is 8.77. The van der Waals surface area contributed by atoms with E-state index in [1.807, 2.05) is 4.72 Å². The number of rotatable bonds is 6. The number of amides is 3. The van der Waals surface area contributed by atoms with Crippen molar-refractivity contribution in [3.05, 3.63) is 53.3 Å². The minimum atomic E-state index is -4.23. The zero-order chi connectivity index (χ0) is 19.8. The Morgan fingerprint density at radius 2 is 1.67 bits per heavy atom. The summed E-state index contributed by atoms with van der Waals surface area (Å²) in [7, 11) is -4.23. The molecule has 1 aromatic heterocycles. The topological polar surface area (TPSA) is 166 Å². The van der Waals surface area contributed by atoms with E-state index in [2.05, 4.69) is 0 Å². The van der Waals surface area contributed by atoms with E-state index < -0.39 is 51.1 Å². The zero-order valence-corrected chi connectivity index (χ0v) is 14.2. The van der Waals surface area contributed by atoms with Crippen LogP contribution in [-0.4, -0.2) is 43.7 Å². The lowest BCUT2D eigenvalue weighted by Gasteiger charge is -2.11. The lowest BCUT2D eigenvalue weighted by Crippen LogP contribution is -2.33. The second-order valence-corrected chi connectivity index (χ2v) is 6.94. The van der Waals surface area contributed by atoms with Gasteiger partial charge in [-0.25, -0.2) is 13.2 Å². The summed E-state index contributed by atoms with van der Waals surface area (Å²) in [5.74, 6) is -4.44. The molecule has 1 aliphatic heterocycles. The van der Waals surface area contributed by atoms with Gasteiger partial charge in [-0.15, -0.1) is 0 Å². The predicted octanol–water partition coefficient (Wildman–Crippen LogP) is -0.589. The summed E-state index contributed by atoms with van der Waals surface area (Å²) in [5, 5.41) is -0.423. The molecule has 1 aliphatic rings. The normalized spacial score (nSPS) is 13.6. The summed E-state index contributed by atoms with van der Waals surface area (Å²) >= 11 is 0. The van der Waals surface area contributed by atoms with Crippen LogP contribution in [-0.2, 0) is 19.7 Å². The van der Waals surface area contributed by atoms with Crippen LogP contribution in [0.25, 0.3) is 0 Å². The Morgan fingerprint density at radius 1 is 1.07 bits per heavy atom. The summed E-state index contributed by atoms with van der Waals surface area (Å²) in [4.78, 5) is 51.8. The van der Waals surface area contributed by atoms with Crippen molar-refractivity contribution in [2.24, 2.45) is 5.73 Å². The van der Waals surface area contributed by atoms with E-state index in [4.69, 9.17) is 15.0 Å². The molecule has 0 bridgehead atoms. The molecule has 0 spiro atoms. The molecule has 12 heteroatoms. The van der Waals surface area contributed by atoms with E-state index in [9.17, 15) is 27.6 Å². The summed E-state index contributed by atoms with van der Waals surface area (Å²) in [6.07, 6.45) is 0. The van der Waals surface area contributed by atoms with Gasteiger partial charge in [-0.05, 0) is 24.3 Å². The van der Waals surface area contributed by atoms with E-state index in [1.54, 1.807) is 0 Å². The van der Waals surface area contributed by atoms with Gasteiger partial charge in [-0.1, -0.05) is 17.2 Å². The Kier molecular flexibility index (Phi) is 4.51. The summed E-state index contributed by atoms with van der Waals surface area (Å²) < 4.78 is 30.5. The van der Waals surface area contributed by atoms with Gasteiger partial charge in [-0.3, -0.25) is 14.4 Å². The number of hydrogen-bond acceptors (Lipinski definition) is 8. The van der Waals surface area contributed by atoms with Crippen LogP contribution >= 0.6 is 0 Å². The van der Waals surface area contributed by atoms with Crippen molar-refractivity contribution < 1.29 is 36.9 Å². The highest BCUT2D eigenvalue weighted by Crippen LogP contribution is 2.24. The summed E-state index contributed by atoms with van der Waals surface area (Å²) in [6, 6.07) is 7.77. The molecule has 0 fully saturated rings. The third-order valence-electron chi connectivity index (χ3n) is 3.41. The molecule has 0 unspecified atom stereocenters. The smallest absolute Gasteiger partial charge is 0.399 e. The molecule has 0 radical (unpaired) electrons. The van der Waals surface area contributed by atoms with E-state index in [0.29, 0.717) is 0 Å². The maximum atomic E-state index is 12.1. The van der Waals surface area contributed by atoms with Gasteiger partial charge in [0.1, 0.15) is 0 Å². The molecule has 2 heterocycles. The molecule has 2 aromatic rings. The van der Waals surface area contributed by atoms with Crippen molar-refractivity contribution in [2.45, 2.75) is 5.09 Å². The Labute approximate surface area is 151 Å². The molecule has 0 saturated carbocycles. The van der Waals surface area contributed by atoms with Gasteiger partial charge in [0.05, 0.1) is 17.7 Å². The number of imide groups is 1. The van der Waals surface area contributed by atoms with Crippen LogP contribution in [0.4, 0.5) is 0 Å². The van der Waals surface area contributed by atoms with Gasteiger partial charge < -0.3 is 15.0 Å². The van der Waals surface area contributed by atoms with Gasteiger partial charge in [0.2, 0.25) is 16.8 Å². The number of carbonyl (C=O) groups excluding carboxylic acids is 4. The van der Waals surface area contributed by atoms with Crippen molar-refractivity contribution in [3.8, 4) is 0 Å². The van der Waals surface area contributed by atoms with Gasteiger partial charge in [0.15, 0.2) is 0 Å². The van der Waals surface area contributed by atoms with E-state index in [0.717, 1.165) is 12.1 Å². The predicted molar refractivity (Wildman–Crippen MR) is 85.4 cm³/mol. The summed E-state index contributed by atoms with van der Waals surface area (Å²) in [5.41, 5.74) is 4.97. The number of primary amides is 1. The standard InChI is InChI=1S/C15H11N3O8S/c16-11(19)7-17-27(23,24)12-6-5-10(25-12)15(22)26-18-13(20)8-3-1-2-4-9(8)14(18)21/h1-6,17H,7H2,(H2,16,19). The largest absolute Gasteiger partial charge is 0.436 e. The molecule has 1 aromatic carbocycles. The highest BCUT2D eigenvalue weighted by molar-refractivity contribution is 7.89. The molecule has 0 saturated heterocycles. The van der Waals surface area contributed by atoms with Gasteiger partial charge in [0.25, 0.3) is 21.8 Å². The van der Waals surface area contributed by atoms with Gasteiger partial charge in [0, 0.05) is 0 Å². The minimum Gasteiger partial charge on any atom is -0.436 e. The SMILES string of the molecule is NC(=O)CNS(=O)(=O)c1ccc(C(=O)ON2C(=O)c3ccccc3C2=O)o1. The summed E-state index contributed by atoms with van der Waals surface area (Å²) in [6.45, 7) is -0.669. The van der Waals surface area contributed by atoms with Crippen LogP contribution in [0, 0.1) is 0 Å². The Balaban J connectivity index is 1.75. The van der Waals surface area contributed by atoms with E-state index in [1.165, 1.54) is 24.3 Å². The number of nitrogens with two attached hydrogens (primary N) is 1. The first kappa shape index (κ1) is 18.3. The zero-order valence-electron chi connectivity index (χ0n) is 13.4. The molecule has 27 heavy (non-hydrogen) atoms. The molecule has 140 valence electrons. The average molecular weight is 393 g/mol. The number of furan rings is 1. The van der Waals surface area contributed by atoms with Crippen LogP contribution in [0.15, 0.2) is 45.9 Å². The number of nitrogens with one attached hydrogen (secondary N) is 1. The van der Waals surface area contributed by atoms with Crippen molar-refractivity contribution in [1.82, 2.24) is 9.79 Å². The maximum Gasteiger partial charge on any atom is 0.399 e. The molecule has 0 atom stereocenters. The lowest BCUT2D eigenvalue weighted by atomic mass is 10.1. The van der Waals surface area contributed by atoms with Crippen LogP contribution < -0.4 is 10.5 Å². The molecule has 11 nitrogen and oxygen atoms in total. The maximum absolute atomic E-state index is 12.1. The quantitative estimate of drug-likeness (QED) is 0.614. The second kappa shape index (κ2) is 6.66. The number of hydroxylamine groups is 2. The highest BCUT2D eigenvalue weighted by atomic mass is 32.2. The molecule has 3 rings (SSSR count). The number of carbonyl (C=O) groups is 4. The monoisotopic (exact) mass is 393 g/mol. The molecular formula is C15H11N3O8S. The Morgan fingerprint density at radius 3 is 2.22 bits per heavy atom. The first-order valence-electron chi connectivity index (χ1n) is 7.28.